The van der Waals surface area contributed by atoms with E-state index in [9.17, 15) is 18.0 Å². The Kier molecular flexibility index (Phi) is 10.8. The summed E-state index contributed by atoms with van der Waals surface area (Å²) in [4.78, 5) is 21.7. The van der Waals surface area contributed by atoms with Crippen LogP contribution in [0.1, 0.15) is 31.7 Å². The first-order valence-corrected chi connectivity index (χ1v) is 15.1. The number of halogens is 4. The van der Waals surface area contributed by atoms with Crippen molar-refractivity contribution < 1.29 is 36.9 Å². The molecular weight excluding hydrogens is 605 g/mol. The highest BCUT2D eigenvalue weighted by Gasteiger charge is 2.43. The Morgan fingerprint density at radius 1 is 1.28 bits per heavy atom. The Morgan fingerprint density at radius 3 is 2.65 bits per heavy atom. The zero-order valence-electron chi connectivity index (χ0n) is 24.0. The minimum atomic E-state index is -4.73. The third-order valence-electron chi connectivity index (χ3n) is 6.90. The topological polar surface area (TPSA) is 85.1 Å². The van der Waals surface area contributed by atoms with E-state index in [2.05, 4.69) is 20.0 Å². The van der Waals surface area contributed by atoms with Gasteiger partial charge in [-0.1, -0.05) is 46.7 Å². The van der Waals surface area contributed by atoms with Crippen LogP contribution in [0, 0.1) is 5.41 Å². The minimum Gasteiger partial charge on any atom is -0.494 e. The van der Waals surface area contributed by atoms with Crippen LogP contribution in [-0.4, -0.2) is 65.9 Å². The van der Waals surface area contributed by atoms with Crippen LogP contribution in [-0.2, 0) is 15.8 Å². The molecule has 0 radical (unpaired) electrons. The normalized spacial score (nSPS) is 19.1. The predicted octanol–water partition coefficient (Wildman–Crippen LogP) is 6.42. The number of hydrogen-bond acceptors (Lipinski definition) is 7. The van der Waals surface area contributed by atoms with Crippen LogP contribution >= 0.6 is 23.4 Å². The SMILES string of the molecule is CCOc1ccc([N+](=CSCC2(COc3ncc(Cl)cc3C(F)(F)F)CC=CC=C2C(=NOC)C(=O)NC)C2CC2)cc1. The molecule has 1 heterocycles. The Morgan fingerprint density at radius 2 is 2.02 bits per heavy atom. The number of ether oxygens (including phenoxy) is 2. The molecule has 8 nitrogen and oxygen atoms in total. The fourth-order valence-electron chi connectivity index (χ4n) is 4.63. The third kappa shape index (κ3) is 8.11. The summed E-state index contributed by atoms with van der Waals surface area (Å²) in [6, 6.07) is 8.94. The summed E-state index contributed by atoms with van der Waals surface area (Å²) in [5.41, 5.74) is 1.43. The van der Waals surface area contributed by atoms with Gasteiger partial charge in [0.2, 0.25) is 17.1 Å². The summed E-state index contributed by atoms with van der Waals surface area (Å²) in [5.74, 6) is 0.0235. The third-order valence-corrected chi connectivity index (χ3v) is 8.20. The highest BCUT2D eigenvalue weighted by atomic mass is 35.5. The number of carbonyl (C=O) groups excluding carboxylic acids is 1. The lowest BCUT2D eigenvalue weighted by molar-refractivity contribution is -0.448. The van der Waals surface area contributed by atoms with E-state index in [1.165, 1.54) is 25.9 Å². The summed E-state index contributed by atoms with van der Waals surface area (Å²) < 4.78 is 55.1. The fraction of sp³-hybridized carbons (Fsp3) is 0.400. The molecule has 1 fully saturated rings. The second kappa shape index (κ2) is 14.3. The number of benzene rings is 1. The molecule has 2 aliphatic rings. The van der Waals surface area contributed by atoms with E-state index in [4.69, 9.17) is 25.9 Å². The first-order valence-electron chi connectivity index (χ1n) is 13.6. The van der Waals surface area contributed by atoms with Crippen LogP contribution in [0.3, 0.4) is 0 Å². The van der Waals surface area contributed by atoms with Gasteiger partial charge in [0.05, 0.1) is 11.6 Å². The van der Waals surface area contributed by atoms with Crippen molar-refractivity contribution in [3.05, 3.63) is 70.9 Å². The highest BCUT2D eigenvalue weighted by molar-refractivity contribution is 8.11. The Bertz CT molecular complexity index is 1430. The molecule has 0 saturated heterocycles. The smallest absolute Gasteiger partial charge is 0.421 e. The maximum absolute atomic E-state index is 13.8. The van der Waals surface area contributed by atoms with Crippen molar-refractivity contribution in [2.75, 3.05) is 33.1 Å². The molecule has 0 bridgehead atoms. The molecule has 4 rings (SSSR count). The van der Waals surface area contributed by atoms with Crippen LogP contribution in [0.25, 0.3) is 0 Å². The second-order valence-electron chi connectivity index (χ2n) is 9.97. The quantitative estimate of drug-likeness (QED) is 0.118. The molecule has 1 aromatic carbocycles. The maximum Gasteiger partial charge on any atom is 0.421 e. The summed E-state index contributed by atoms with van der Waals surface area (Å²) >= 11 is 7.30. The number of amides is 1. The van der Waals surface area contributed by atoms with E-state index in [1.807, 2.05) is 42.8 Å². The zero-order chi connectivity index (χ0) is 31.0. The molecule has 0 aliphatic heterocycles. The Hall–Kier alpha value is -3.51. The molecule has 230 valence electrons. The van der Waals surface area contributed by atoms with E-state index in [0.717, 1.165) is 36.5 Å². The largest absolute Gasteiger partial charge is 0.494 e. The van der Waals surface area contributed by atoms with Crippen LogP contribution in [0.2, 0.25) is 5.02 Å². The summed E-state index contributed by atoms with van der Waals surface area (Å²) in [7, 11) is 2.78. The molecule has 1 N–H and O–H groups in total. The summed E-state index contributed by atoms with van der Waals surface area (Å²) in [5, 5.41) is 6.38. The molecule has 1 aromatic heterocycles. The molecule has 1 saturated carbocycles. The molecule has 2 aliphatic carbocycles. The number of aromatic nitrogens is 1. The monoisotopic (exact) mass is 637 g/mol. The molecular formula is C30H33ClF3N4O4S+. The van der Waals surface area contributed by atoms with Gasteiger partial charge < -0.3 is 19.6 Å². The molecule has 13 heteroatoms. The lowest BCUT2D eigenvalue weighted by Crippen LogP contribution is -2.42. The number of oxime groups is 1. The zero-order valence-corrected chi connectivity index (χ0v) is 25.6. The van der Waals surface area contributed by atoms with Crippen molar-refractivity contribution >= 4 is 46.2 Å². The van der Waals surface area contributed by atoms with Gasteiger partial charge in [0.1, 0.15) is 25.0 Å². The number of rotatable bonds is 13. The molecule has 1 unspecified atom stereocenters. The molecule has 2 aromatic rings. The average molecular weight is 638 g/mol. The van der Waals surface area contributed by atoms with Crippen molar-refractivity contribution in [3.63, 3.8) is 0 Å². The maximum atomic E-state index is 13.8. The number of nitrogens with one attached hydrogen (secondary N) is 1. The van der Waals surface area contributed by atoms with Crippen molar-refractivity contribution in [1.29, 1.82) is 0 Å². The Labute approximate surface area is 257 Å². The van der Waals surface area contributed by atoms with Gasteiger partial charge in [0.15, 0.2) is 11.8 Å². The molecule has 1 amide bonds. The van der Waals surface area contributed by atoms with Crippen molar-refractivity contribution in [2.45, 2.75) is 38.4 Å². The van der Waals surface area contributed by atoms with Crippen LogP contribution < -0.4 is 14.8 Å². The molecule has 43 heavy (non-hydrogen) atoms. The van der Waals surface area contributed by atoms with Gasteiger partial charge >= 0.3 is 6.18 Å². The summed E-state index contributed by atoms with van der Waals surface area (Å²) in [6.45, 7) is 2.27. The second-order valence-corrected chi connectivity index (χ2v) is 11.2. The van der Waals surface area contributed by atoms with Gasteiger partial charge in [-0.25, -0.2) is 4.98 Å². The molecule has 0 spiro atoms. The number of nitrogens with zero attached hydrogens (tertiary/aromatic N) is 3. The number of alkyl halides is 3. The van der Waals surface area contributed by atoms with Crippen LogP contribution in [0.4, 0.5) is 18.9 Å². The minimum absolute atomic E-state index is 0.00391. The van der Waals surface area contributed by atoms with E-state index < -0.39 is 28.9 Å². The van der Waals surface area contributed by atoms with Gasteiger partial charge in [0.25, 0.3) is 5.91 Å². The van der Waals surface area contributed by atoms with Gasteiger partial charge in [-0.05, 0) is 37.1 Å². The van der Waals surface area contributed by atoms with Crippen molar-refractivity contribution in [3.8, 4) is 11.6 Å². The van der Waals surface area contributed by atoms with E-state index >= 15 is 0 Å². The van der Waals surface area contributed by atoms with Crippen molar-refractivity contribution in [2.24, 2.45) is 10.6 Å². The first-order chi connectivity index (χ1) is 20.6. The number of pyridine rings is 1. The number of thioether (sulfide) groups is 1. The highest BCUT2D eigenvalue weighted by Crippen LogP contribution is 2.42. The Balaban J connectivity index is 1.69. The van der Waals surface area contributed by atoms with E-state index in [1.54, 1.807) is 12.2 Å². The fourth-order valence-corrected chi connectivity index (χ4v) is 6.00. The lowest BCUT2D eigenvalue weighted by atomic mass is 9.74. The predicted molar refractivity (Wildman–Crippen MR) is 162 cm³/mol. The average Bonchev–Trinajstić information content (AvgIpc) is 3.83. The molecule has 1 atom stereocenters. The number of carbonyl (C=O) groups is 1. The van der Waals surface area contributed by atoms with Crippen LogP contribution in [0.15, 0.2) is 65.5 Å². The van der Waals surface area contributed by atoms with Crippen LogP contribution in [0.5, 0.6) is 11.6 Å². The van der Waals surface area contributed by atoms with Gasteiger partial charge in [-0.2, -0.15) is 17.7 Å². The number of hydrogen-bond donors (Lipinski definition) is 1. The first kappa shape index (κ1) is 32.4. The van der Waals surface area contributed by atoms with Gasteiger partial charge in [0, 0.05) is 49.4 Å². The lowest BCUT2D eigenvalue weighted by Gasteiger charge is -2.36. The van der Waals surface area contributed by atoms with E-state index in [-0.39, 0.29) is 17.3 Å². The van der Waals surface area contributed by atoms with Crippen molar-refractivity contribution in [1.82, 2.24) is 10.3 Å². The number of allylic oxidation sites excluding steroid dienone is 3. The summed E-state index contributed by atoms with van der Waals surface area (Å²) in [6.07, 6.45) is 4.17. The van der Waals surface area contributed by atoms with Gasteiger partial charge in [-0.15, -0.1) is 0 Å². The van der Waals surface area contributed by atoms with E-state index in [0.29, 0.717) is 30.4 Å². The standard InChI is InChI=1S/C30H32ClF3N4O4S/c1-4-41-23-12-10-22(11-13-23)38(21-8-9-21)19-43-18-29(14-6-5-7-24(29)26(37-40-3)27(39)35-2)17-42-28-25(30(32,33)34)15-20(31)16-36-28/h5-7,10-13,15-16,19,21H,4,8-9,14,17-18H2,1-3H3/p+1. The van der Waals surface area contributed by atoms with Gasteiger partial charge in [-0.3, -0.25) is 4.79 Å².